The fraction of sp³-hybridized carbons (Fsp3) is 0.500. The lowest BCUT2D eigenvalue weighted by Crippen LogP contribution is -2.43. The van der Waals surface area contributed by atoms with Crippen LogP contribution in [0.4, 0.5) is 0 Å². The van der Waals surface area contributed by atoms with E-state index in [4.69, 9.17) is 5.11 Å². The van der Waals surface area contributed by atoms with Crippen LogP contribution >= 0.6 is 0 Å². The molecule has 1 aliphatic heterocycles. The molecule has 0 radical (unpaired) electrons. The summed E-state index contributed by atoms with van der Waals surface area (Å²) >= 11 is 0. The molecule has 21 heavy (non-hydrogen) atoms. The second-order valence-electron chi connectivity index (χ2n) is 6.18. The monoisotopic (exact) mass is 290 g/mol. The number of hydrogen-bond donors (Lipinski definition) is 2. The van der Waals surface area contributed by atoms with Crippen LogP contribution in [-0.2, 0) is 0 Å². The van der Waals surface area contributed by atoms with Gasteiger partial charge in [0.05, 0.1) is 5.56 Å². The van der Waals surface area contributed by atoms with Gasteiger partial charge in [-0.1, -0.05) is 13.0 Å². The molecule has 5 nitrogen and oxygen atoms in total. The van der Waals surface area contributed by atoms with Gasteiger partial charge >= 0.3 is 5.97 Å². The van der Waals surface area contributed by atoms with Gasteiger partial charge in [-0.2, -0.15) is 0 Å². The van der Waals surface area contributed by atoms with E-state index in [1.807, 2.05) is 0 Å². The maximum atomic E-state index is 12.2. The van der Waals surface area contributed by atoms with E-state index in [2.05, 4.69) is 24.2 Å². The Labute approximate surface area is 125 Å². The minimum absolute atomic E-state index is 0.118. The molecule has 1 aliphatic rings. The number of nitrogens with one attached hydrogen (secondary N) is 1. The van der Waals surface area contributed by atoms with Crippen molar-refractivity contribution in [2.45, 2.75) is 19.8 Å². The summed E-state index contributed by atoms with van der Waals surface area (Å²) in [6, 6.07) is 6.13. The van der Waals surface area contributed by atoms with Crippen LogP contribution in [-0.4, -0.2) is 48.6 Å². The van der Waals surface area contributed by atoms with E-state index in [1.54, 1.807) is 12.1 Å². The summed E-state index contributed by atoms with van der Waals surface area (Å²) in [7, 11) is 2.11. The molecule has 1 heterocycles. The third kappa shape index (κ3) is 4.04. The first-order valence-corrected chi connectivity index (χ1v) is 7.20. The number of nitrogens with zero attached hydrogens (tertiary/aromatic N) is 1. The van der Waals surface area contributed by atoms with Crippen molar-refractivity contribution in [1.29, 1.82) is 0 Å². The number of piperidine rings is 1. The SMILES string of the molecule is CN1CCC(C)(CNC(=O)c2cccc(C(=O)O)c2)CC1. The van der Waals surface area contributed by atoms with Crippen molar-refractivity contribution in [2.24, 2.45) is 5.41 Å². The molecule has 0 spiro atoms. The van der Waals surface area contributed by atoms with Gasteiger partial charge in [0.2, 0.25) is 0 Å². The largest absolute Gasteiger partial charge is 0.478 e. The molecule has 0 bridgehead atoms. The molecule has 1 amide bonds. The third-order valence-corrected chi connectivity index (χ3v) is 4.24. The first-order valence-electron chi connectivity index (χ1n) is 7.20. The lowest BCUT2D eigenvalue weighted by Gasteiger charge is -2.37. The Balaban J connectivity index is 1.95. The molecule has 0 unspecified atom stereocenters. The van der Waals surface area contributed by atoms with Crippen LogP contribution in [0, 0.1) is 5.41 Å². The van der Waals surface area contributed by atoms with Crippen molar-refractivity contribution in [3.63, 3.8) is 0 Å². The van der Waals surface area contributed by atoms with Crippen molar-refractivity contribution < 1.29 is 14.7 Å². The van der Waals surface area contributed by atoms with E-state index < -0.39 is 5.97 Å². The van der Waals surface area contributed by atoms with Crippen molar-refractivity contribution in [2.75, 3.05) is 26.7 Å². The number of rotatable bonds is 4. The summed E-state index contributed by atoms with van der Waals surface area (Å²) in [5.41, 5.74) is 0.645. The van der Waals surface area contributed by atoms with E-state index in [0.29, 0.717) is 12.1 Å². The summed E-state index contributed by atoms with van der Waals surface area (Å²) < 4.78 is 0. The summed E-state index contributed by atoms with van der Waals surface area (Å²) in [5.74, 6) is -1.23. The molecular formula is C16H22N2O3. The van der Waals surface area contributed by atoms with E-state index in [1.165, 1.54) is 12.1 Å². The molecule has 1 fully saturated rings. The lowest BCUT2D eigenvalue weighted by molar-refractivity contribution is 0.0697. The van der Waals surface area contributed by atoms with Crippen LogP contribution in [0.15, 0.2) is 24.3 Å². The first-order chi connectivity index (χ1) is 9.89. The zero-order valence-electron chi connectivity index (χ0n) is 12.6. The zero-order chi connectivity index (χ0) is 15.5. The van der Waals surface area contributed by atoms with Crippen LogP contribution < -0.4 is 5.32 Å². The number of hydrogen-bond acceptors (Lipinski definition) is 3. The summed E-state index contributed by atoms with van der Waals surface area (Å²) in [6.45, 7) is 4.90. The molecule has 2 rings (SSSR count). The number of carbonyl (C=O) groups is 2. The maximum absolute atomic E-state index is 12.2. The van der Waals surface area contributed by atoms with Gasteiger partial charge in [-0.25, -0.2) is 4.79 Å². The molecule has 1 saturated heterocycles. The van der Waals surface area contributed by atoms with Gasteiger partial charge in [0, 0.05) is 12.1 Å². The molecular weight excluding hydrogens is 268 g/mol. The molecule has 0 saturated carbocycles. The van der Waals surface area contributed by atoms with Crippen LogP contribution in [0.5, 0.6) is 0 Å². The van der Waals surface area contributed by atoms with Gasteiger partial charge in [-0.05, 0) is 56.6 Å². The molecule has 2 N–H and O–H groups in total. The van der Waals surface area contributed by atoms with E-state index >= 15 is 0 Å². The average molecular weight is 290 g/mol. The van der Waals surface area contributed by atoms with Gasteiger partial charge < -0.3 is 15.3 Å². The number of amides is 1. The normalized spacial score (nSPS) is 18.2. The Kier molecular flexibility index (Phi) is 4.63. The smallest absolute Gasteiger partial charge is 0.335 e. The molecule has 0 aliphatic carbocycles. The lowest BCUT2D eigenvalue weighted by atomic mass is 9.80. The molecule has 5 heteroatoms. The predicted molar refractivity (Wildman–Crippen MR) is 80.6 cm³/mol. The minimum atomic E-state index is -1.02. The van der Waals surface area contributed by atoms with Gasteiger partial charge in [-0.15, -0.1) is 0 Å². The second-order valence-corrected chi connectivity index (χ2v) is 6.18. The van der Waals surface area contributed by atoms with Gasteiger partial charge in [0.15, 0.2) is 0 Å². The van der Waals surface area contributed by atoms with Crippen molar-refractivity contribution >= 4 is 11.9 Å². The van der Waals surface area contributed by atoms with Gasteiger partial charge in [0.25, 0.3) is 5.91 Å². The predicted octanol–water partition coefficient (Wildman–Crippen LogP) is 1.85. The van der Waals surface area contributed by atoms with Crippen LogP contribution in [0.3, 0.4) is 0 Å². The Morgan fingerprint density at radius 3 is 2.52 bits per heavy atom. The standard InChI is InChI=1S/C16H22N2O3/c1-16(6-8-18(2)9-7-16)11-17-14(19)12-4-3-5-13(10-12)15(20)21/h3-5,10H,6-9,11H2,1-2H3,(H,17,19)(H,20,21). The first kappa shape index (κ1) is 15.5. The molecule has 0 atom stereocenters. The van der Waals surface area contributed by atoms with Crippen LogP contribution in [0.25, 0.3) is 0 Å². The van der Waals surface area contributed by atoms with Crippen LogP contribution in [0.2, 0.25) is 0 Å². The molecule has 1 aromatic rings. The second kappa shape index (κ2) is 6.26. The maximum Gasteiger partial charge on any atom is 0.335 e. The fourth-order valence-corrected chi connectivity index (χ4v) is 2.52. The van der Waals surface area contributed by atoms with Crippen molar-refractivity contribution in [3.05, 3.63) is 35.4 Å². The van der Waals surface area contributed by atoms with E-state index in [-0.39, 0.29) is 16.9 Å². The summed E-state index contributed by atoms with van der Waals surface area (Å²) in [4.78, 5) is 25.4. The molecule has 114 valence electrons. The number of likely N-dealkylation sites (tertiary alicyclic amines) is 1. The molecule has 0 aromatic heterocycles. The van der Waals surface area contributed by atoms with E-state index in [0.717, 1.165) is 25.9 Å². The third-order valence-electron chi connectivity index (χ3n) is 4.24. The van der Waals surface area contributed by atoms with Crippen LogP contribution in [0.1, 0.15) is 40.5 Å². The fourth-order valence-electron chi connectivity index (χ4n) is 2.52. The summed E-state index contributed by atoms with van der Waals surface area (Å²) in [6.07, 6.45) is 2.11. The Morgan fingerprint density at radius 1 is 1.29 bits per heavy atom. The Hall–Kier alpha value is -1.88. The highest BCUT2D eigenvalue weighted by Crippen LogP contribution is 2.29. The number of carboxylic acids is 1. The number of benzene rings is 1. The number of carboxylic acid groups (broad SMARTS) is 1. The number of aromatic carboxylic acids is 1. The molecule has 1 aromatic carbocycles. The van der Waals surface area contributed by atoms with Crippen molar-refractivity contribution in [3.8, 4) is 0 Å². The highest BCUT2D eigenvalue weighted by Gasteiger charge is 2.29. The quantitative estimate of drug-likeness (QED) is 0.888. The topological polar surface area (TPSA) is 69.6 Å². The van der Waals surface area contributed by atoms with Crippen molar-refractivity contribution in [1.82, 2.24) is 10.2 Å². The van der Waals surface area contributed by atoms with E-state index in [9.17, 15) is 9.59 Å². The van der Waals surface area contributed by atoms with Gasteiger partial charge in [-0.3, -0.25) is 4.79 Å². The minimum Gasteiger partial charge on any atom is -0.478 e. The zero-order valence-corrected chi connectivity index (χ0v) is 12.6. The highest BCUT2D eigenvalue weighted by molar-refractivity contribution is 5.97. The highest BCUT2D eigenvalue weighted by atomic mass is 16.4. The summed E-state index contributed by atoms with van der Waals surface area (Å²) in [5, 5.41) is 11.9. The number of carbonyl (C=O) groups excluding carboxylic acids is 1. The Bertz CT molecular complexity index is 534. The Morgan fingerprint density at radius 2 is 1.90 bits per heavy atom. The van der Waals surface area contributed by atoms with Gasteiger partial charge in [0.1, 0.15) is 0 Å². The average Bonchev–Trinajstić information content (AvgIpc) is 2.48.